The van der Waals surface area contributed by atoms with Gasteiger partial charge in [-0.1, -0.05) is 13.8 Å². The zero-order valence-electron chi connectivity index (χ0n) is 28.3. The second kappa shape index (κ2) is 42.5. The number of ether oxygens (including phenoxy) is 11. The SMILES string of the molecule is CC.CNC(=O)CCNC(=O)CCOCCOCCOCCOCCOCCOCCOCCOCCOCCOCCOC. The van der Waals surface area contributed by atoms with Gasteiger partial charge in [0.05, 0.1) is 139 Å². The summed E-state index contributed by atoms with van der Waals surface area (Å²) in [6, 6.07) is 0. The lowest BCUT2D eigenvalue weighted by atomic mass is 10.3. The highest BCUT2D eigenvalue weighted by Gasteiger charge is 2.03. The van der Waals surface area contributed by atoms with Crippen molar-refractivity contribution >= 4 is 11.8 Å². The third-order valence-corrected chi connectivity index (χ3v) is 5.21. The van der Waals surface area contributed by atoms with Crippen LogP contribution >= 0.6 is 0 Å². The smallest absolute Gasteiger partial charge is 0.222 e. The summed E-state index contributed by atoms with van der Waals surface area (Å²) >= 11 is 0. The number of carbonyl (C=O) groups is 2. The second-order valence-corrected chi connectivity index (χ2v) is 8.64. The number of rotatable bonds is 36. The number of methoxy groups -OCH3 is 1. The van der Waals surface area contributed by atoms with Crippen LogP contribution in [-0.2, 0) is 61.7 Å². The Morgan fingerprint density at radius 3 is 0.933 bits per heavy atom. The van der Waals surface area contributed by atoms with Crippen LogP contribution in [0, 0.1) is 0 Å². The molecule has 0 aromatic rings. The van der Waals surface area contributed by atoms with Gasteiger partial charge in [0.25, 0.3) is 0 Å². The molecule has 0 aromatic heterocycles. The van der Waals surface area contributed by atoms with E-state index >= 15 is 0 Å². The molecule has 2 amide bonds. The van der Waals surface area contributed by atoms with Gasteiger partial charge in [0.1, 0.15) is 0 Å². The maximum atomic E-state index is 11.6. The van der Waals surface area contributed by atoms with Crippen molar-refractivity contribution in [1.82, 2.24) is 10.6 Å². The molecule has 0 radical (unpaired) electrons. The number of hydrogen-bond donors (Lipinski definition) is 2. The minimum Gasteiger partial charge on any atom is -0.382 e. The Bertz CT molecular complexity index is 592. The number of carbonyl (C=O) groups excluding carboxylic acids is 2. The third kappa shape index (κ3) is 42.5. The van der Waals surface area contributed by atoms with Gasteiger partial charge in [0, 0.05) is 33.5 Å². The maximum Gasteiger partial charge on any atom is 0.222 e. The predicted octanol–water partition coefficient (Wildman–Crippen LogP) is 0.467. The Labute approximate surface area is 270 Å². The maximum absolute atomic E-state index is 11.6. The van der Waals surface area contributed by atoms with Gasteiger partial charge < -0.3 is 62.7 Å². The lowest BCUT2D eigenvalue weighted by Gasteiger charge is -2.09. The summed E-state index contributed by atoms with van der Waals surface area (Å²) in [6.45, 7) is 14.6. The molecule has 0 fully saturated rings. The summed E-state index contributed by atoms with van der Waals surface area (Å²) in [4.78, 5) is 22.6. The molecule has 2 N–H and O–H groups in total. The van der Waals surface area contributed by atoms with Crippen LogP contribution in [0.25, 0.3) is 0 Å². The molecule has 0 aliphatic carbocycles. The topological polar surface area (TPSA) is 160 Å². The summed E-state index contributed by atoms with van der Waals surface area (Å²) in [5.74, 6) is -0.257. The molecule has 0 aromatic carbocycles. The molecule has 0 unspecified atom stereocenters. The van der Waals surface area contributed by atoms with Gasteiger partial charge in [0.2, 0.25) is 11.8 Å². The summed E-state index contributed by atoms with van der Waals surface area (Å²) in [5, 5.41) is 5.16. The normalized spacial score (nSPS) is 10.8. The van der Waals surface area contributed by atoms with Crippen molar-refractivity contribution in [2.45, 2.75) is 26.7 Å². The van der Waals surface area contributed by atoms with Gasteiger partial charge in [-0.15, -0.1) is 0 Å². The molecule has 0 saturated heterocycles. The van der Waals surface area contributed by atoms with Crippen LogP contribution in [0.2, 0.25) is 0 Å². The highest BCUT2D eigenvalue weighted by molar-refractivity contribution is 5.78. The molecule has 0 heterocycles. The summed E-state index contributed by atoms with van der Waals surface area (Å²) < 4.78 is 59.0. The average molecular weight is 659 g/mol. The zero-order chi connectivity index (χ0) is 33.3. The Hall–Kier alpha value is -1.50. The third-order valence-electron chi connectivity index (χ3n) is 5.21. The molecule has 15 heteroatoms. The Morgan fingerprint density at radius 1 is 0.400 bits per heavy atom. The summed E-state index contributed by atoms with van der Waals surface area (Å²) in [6.07, 6.45) is 0.506. The summed E-state index contributed by atoms with van der Waals surface area (Å²) in [5.41, 5.74) is 0. The largest absolute Gasteiger partial charge is 0.382 e. The van der Waals surface area contributed by atoms with Crippen LogP contribution in [-0.4, -0.2) is 171 Å². The number of nitrogens with one attached hydrogen (secondary N) is 2. The van der Waals surface area contributed by atoms with Crippen molar-refractivity contribution in [3.05, 3.63) is 0 Å². The van der Waals surface area contributed by atoms with E-state index in [-0.39, 0.29) is 24.7 Å². The molecular weight excluding hydrogens is 596 g/mol. The first-order chi connectivity index (χ1) is 22.2. The lowest BCUT2D eigenvalue weighted by molar-refractivity contribution is -0.123. The van der Waals surface area contributed by atoms with Gasteiger partial charge in [-0.3, -0.25) is 9.59 Å². The molecule has 0 aliphatic heterocycles. The minimum absolute atomic E-state index is 0.110. The molecule has 0 saturated carbocycles. The predicted molar refractivity (Wildman–Crippen MR) is 168 cm³/mol. The van der Waals surface area contributed by atoms with E-state index in [2.05, 4.69) is 10.6 Å². The fourth-order valence-electron chi connectivity index (χ4n) is 2.92. The van der Waals surface area contributed by atoms with Crippen LogP contribution in [0.5, 0.6) is 0 Å². The fraction of sp³-hybridized carbons (Fsp3) is 0.933. The van der Waals surface area contributed by atoms with Gasteiger partial charge in [0.15, 0.2) is 0 Å². The molecular formula is C30H62N2O13. The van der Waals surface area contributed by atoms with Gasteiger partial charge in [-0.2, -0.15) is 0 Å². The molecule has 0 aliphatic rings. The first kappa shape index (κ1) is 45.6. The van der Waals surface area contributed by atoms with Gasteiger partial charge in [-0.05, 0) is 0 Å². The van der Waals surface area contributed by atoms with E-state index in [4.69, 9.17) is 52.1 Å². The van der Waals surface area contributed by atoms with E-state index < -0.39 is 0 Å². The monoisotopic (exact) mass is 658 g/mol. The fourth-order valence-corrected chi connectivity index (χ4v) is 2.92. The number of hydrogen-bond acceptors (Lipinski definition) is 13. The van der Waals surface area contributed by atoms with Crippen molar-refractivity contribution in [3.63, 3.8) is 0 Å². The van der Waals surface area contributed by atoms with Crippen LogP contribution in [0.1, 0.15) is 26.7 Å². The van der Waals surface area contributed by atoms with Crippen molar-refractivity contribution in [1.29, 1.82) is 0 Å². The van der Waals surface area contributed by atoms with Crippen molar-refractivity contribution in [2.75, 3.05) is 159 Å². The van der Waals surface area contributed by atoms with E-state index in [1.165, 1.54) is 0 Å². The lowest BCUT2D eigenvalue weighted by Crippen LogP contribution is -2.29. The van der Waals surface area contributed by atoms with Gasteiger partial charge in [-0.25, -0.2) is 0 Å². The van der Waals surface area contributed by atoms with E-state index in [0.29, 0.717) is 145 Å². The van der Waals surface area contributed by atoms with Crippen molar-refractivity contribution in [3.8, 4) is 0 Å². The average Bonchev–Trinajstić information content (AvgIpc) is 3.06. The Balaban J connectivity index is 0. The molecule has 0 spiro atoms. The van der Waals surface area contributed by atoms with Crippen LogP contribution in [0.3, 0.4) is 0 Å². The highest BCUT2D eigenvalue weighted by Crippen LogP contribution is 1.88. The first-order valence-corrected chi connectivity index (χ1v) is 15.9. The Morgan fingerprint density at radius 2 is 0.667 bits per heavy atom. The summed E-state index contributed by atoms with van der Waals surface area (Å²) in [7, 11) is 3.20. The molecule has 0 atom stereocenters. The quantitative estimate of drug-likeness (QED) is 0.0896. The molecule has 45 heavy (non-hydrogen) atoms. The van der Waals surface area contributed by atoms with Crippen LogP contribution in [0.15, 0.2) is 0 Å². The van der Waals surface area contributed by atoms with E-state index in [9.17, 15) is 9.59 Å². The molecule has 0 bridgehead atoms. The van der Waals surface area contributed by atoms with Crippen LogP contribution < -0.4 is 10.6 Å². The van der Waals surface area contributed by atoms with E-state index in [1.807, 2.05) is 13.8 Å². The number of amides is 2. The van der Waals surface area contributed by atoms with Crippen molar-refractivity contribution in [2.24, 2.45) is 0 Å². The zero-order valence-corrected chi connectivity index (χ0v) is 28.3. The molecule has 0 rings (SSSR count). The van der Waals surface area contributed by atoms with Crippen molar-refractivity contribution < 1.29 is 61.7 Å². The van der Waals surface area contributed by atoms with E-state index in [1.54, 1.807) is 14.2 Å². The molecule has 15 nitrogen and oxygen atoms in total. The highest BCUT2D eigenvalue weighted by atomic mass is 16.6. The second-order valence-electron chi connectivity index (χ2n) is 8.64. The van der Waals surface area contributed by atoms with Crippen LogP contribution in [0.4, 0.5) is 0 Å². The standard InChI is InChI=1S/C28H56N2O13.C2H6/c1-29-27(31)3-5-30-28(32)4-6-34-9-10-36-13-14-38-17-18-40-21-22-42-25-26-43-24-23-41-20-19-39-16-15-37-12-11-35-8-7-33-2;1-2/h3-26H2,1-2H3,(H,29,31)(H,30,32);1-2H3. The Kier molecular flexibility index (Phi) is 43.1. The molecule has 270 valence electrons. The van der Waals surface area contributed by atoms with E-state index in [0.717, 1.165) is 0 Å². The minimum atomic E-state index is -0.146. The first-order valence-electron chi connectivity index (χ1n) is 15.9. The van der Waals surface area contributed by atoms with Gasteiger partial charge >= 0.3 is 0 Å².